The van der Waals surface area contributed by atoms with Crippen molar-refractivity contribution in [3.05, 3.63) is 33.8 Å². The van der Waals surface area contributed by atoms with E-state index in [2.05, 4.69) is 41.9 Å². The topological polar surface area (TPSA) is 9.23 Å². The maximum absolute atomic E-state index is 5.40. The Balaban J connectivity index is 2.54. The molecule has 0 unspecified atom stereocenters. The van der Waals surface area contributed by atoms with E-state index < -0.39 is 0 Å². The highest BCUT2D eigenvalue weighted by atomic mass is 79.9. The van der Waals surface area contributed by atoms with Gasteiger partial charge in [-0.3, -0.25) is 0 Å². The Hall–Kier alpha value is -0.760. The molecule has 1 aromatic carbocycles. The van der Waals surface area contributed by atoms with Gasteiger partial charge in [-0.05, 0) is 35.6 Å². The molecule has 0 amide bonds. The third-order valence-electron chi connectivity index (χ3n) is 2.85. The lowest BCUT2D eigenvalue weighted by Gasteiger charge is -2.12. The summed E-state index contributed by atoms with van der Waals surface area (Å²) in [5.41, 5.74) is 4.10. The van der Waals surface area contributed by atoms with Gasteiger partial charge in [0.25, 0.3) is 0 Å². The van der Waals surface area contributed by atoms with E-state index in [-0.39, 0.29) is 0 Å². The second kappa shape index (κ2) is 4.01. The smallest absolute Gasteiger partial charge is 0.124 e. The lowest BCUT2D eigenvalue weighted by molar-refractivity contribution is 0.410. The van der Waals surface area contributed by atoms with Crippen molar-refractivity contribution in [1.29, 1.82) is 0 Å². The van der Waals surface area contributed by atoms with E-state index in [0.29, 0.717) is 5.92 Å². The Morgan fingerprint density at radius 1 is 1.33 bits per heavy atom. The standard InChI is InChI=1S/C13H15BrO/c1-8(2)10-4-5-11-12(10)6-9(14)7-13(11)15-3/h4,6-8H,5H2,1-3H3. The minimum Gasteiger partial charge on any atom is -0.496 e. The minimum absolute atomic E-state index is 0.574. The molecule has 0 spiro atoms. The fourth-order valence-electron chi connectivity index (χ4n) is 2.13. The normalized spacial score (nSPS) is 14.1. The molecule has 0 N–H and O–H groups in total. The first kappa shape index (κ1) is 10.7. The quantitative estimate of drug-likeness (QED) is 0.785. The molecule has 0 radical (unpaired) electrons. The second-order valence-electron chi connectivity index (χ2n) is 4.15. The molecule has 2 heteroatoms. The zero-order chi connectivity index (χ0) is 11.0. The lowest BCUT2D eigenvalue weighted by Crippen LogP contribution is -1.95. The van der Waals surface area contributed by atoms with Crippen LogP contribution in [0.3, 0.4) is 0 Å². The van der Waals surface area contributed by atoms with Crippen molar-refractivity contribution in [2.24, 2.45) is 5.92 Å². The lowest BCUT2D eigenvalue weighted by atomic mass is 9.97. The molecular weight excluding hydrogens is 252 g/mol. The monoisotopic (exact) mass is 266 g/mol. The summed E-state index contributed by atoms with van der Waals surface area (Å²) < 4.78 is 6.49. The van der Waals surface area contributed by atoms with Crippen LogP contribution in [0.25, 0.3) is 5.57 Å². The molecule has 0 heterocycles. The third kappa shape index (κ3) is 1.83. The molecule has 0 aromatic heterocycles. The summed E-state index contributed by atoms with van der Waals surface area (Å²) in [6.45, 7) is 4.46. The molecule has 0 saturated carbocycles. The van der Waals surface area contributed by atoms with Crippen LogP contribution in [0, 0.1) is 5.92 Å². The van der Waals surface area contributed by atoms with Gasteiger partial charge in [0.2, 0.25) is 0 Å². The van der Waals surface area contributed by atoms with E-state index in [0.717, 1.165) is 16.6 Å². The molecule has 0 fully saturated rings. The first-order valence-corrected chi connectivity index (χ1v) is 5.99. The summed E-state index contributed by atoms with van der Waals surface area (Å²) >= 11 is 3.53. The van der Waals surface area contributed by atoms with Crippen LogP contribution < -0.4 is 4.74 Å². The Kier molecular flexibility index (Phi) is 2.87. The molecule has 1 nitrogen and oxygen atoms in total. The summed E-state index contributed by atoms with van der Waals surface area (Å²) in [4.78, 5) is 0. The molecule has 0 aliphatic heterocycles. The maximum Gasteiger partial charge on any atom is 0.124 e. The Labute approximate surface area is 99.3 Å². The molecule has 0 saturated heterocycles. The van der Waals surface area contributed by atoms with Crippen LogP contribution in [0.4, 0.5) is 0 Å². The summed E-state index contributed by atoms with van der Waals surface area (Å²) in [7, 11) is 1.73. The van der Waals surface area contributed by atoms with Crippen molar-refractivity contribution < 1.29 is 4.74 Å². The Morgan fingerprint density at radius 2 is 2.07 bits per heavy atom. The second-order valence-corrected chi connectivity index (χ2v) is 5.07. The summed E-state index contributed by atoms with van der Waals surface area (Å²) in [5.74, 6) is 1.57. The predicted octanol–water partition coefficient (Wildman–Crippen LogP) is 4.05. The van der Waals surface area contributed by atoms with Gasteiger partial charge in [-0.1, -0.05) is 35.9 Å². The average Bonchev–Trinajstić information content (AvgIpc) is 2.59. The van der Waals surface area contributed by atoms with Gasteiger partial charge in [0.1, 0.15) is 5.75 Å². The van der Waals surface area contributed by atoms with Gasteiger partial charge in [0, 0.05) is 10.0 Å². The average molecular weight is 267 g/mol. The number of rotatable bonds is 2. The predicted molar refractivity (Wildman–Crippen MR) is 67.2 cm³/mol. The number of halogens is 1. The van der Waals surface area contributed by atoms with Crippen LogP contribution in [0.15, 0.2) is 22.7 Å². The molecular formula is C13H15BrO. The number of ether oxygens (including phenoxy) is 1. The van der Waals surface area contributed by atoms with E-state index >= 15 is 0 Å². The zero-order valence-electron chi connectivity index (χ0n) is 9.30. The van der Waals surface area contributed by atoms with E-state index in [1.54, 1.807) is 7.11 Å². The molecule has 80 valence electrons. The highest BCUT2D eigenvalue weighted by Gasteiger charge is 2.20. The molecule has 15 heavy (non-hydrogen) atoms. The van der Waals surface area contributed by atoms with Gasteiger partial charge in [-0.25, -0.2) is 0 Å². The number of methoxy groups -OCH3 is 1. The minimum atomic E-state index is 0.574. The molecule has 2 rings (SSSR count). The van der Waals surface area contributed by atoms with Crippen molar-refractivity contribution in [2.75, 3.05) is 7.11 Å². The molecule has 0 bridgehead atoms. The Bertz CT molecular complexity index is 419. The van der Waals surface area contributed by atoms with Crippen LogP contribution in [0.5, 0.6) is 5.75 Å². The SMILES string of the molecule is COc1cc(Br)cc2c1CC=C2C(C)C. The van der Waals surface area contributed by atoms with Crippen LogP contribution in [0.1, 0.15) is 25.0 Å². The number of benzene rings is 1. The highest BCUT2D eigenvalue weighted by Crippen LogP contribution is 2.39. The van der Waals surface area contributed by atoms with Gasteiger partial charge in [-0.2, -0.15) is 0 Å². The number of hydrogen-bond donors (Lipinski definition) is 0. The fraction of sp³-hybridized carbons (Fsp3) is 0.385. The van der Waals surface area contributed by atoms with Crippen molar-refractivity contribution in [2.45, 2.75) is 20.3 Å². The van der Waals surface area contributed by atoms with Crippen molar-refractivity contribution >= 4 is 21.5 Å². The Morgan fingerprint density at radius 3 is 2.67 bits per heavy atom. The first-order valence-electron chi connectivity index (χ1n) is 5.20. The van der Waals surface area contributed by atoms with E-state index in [1.165, 1.54) is 16.7 Å². The van der Waals surface area contributed by atoms with Crippen LogP contribution in [-0.2, 0) is 6.42 Å². The fourth-order valence-corrected chi connectivity index (χ4v) is 2.57. The summed E-state index contributed by atoms with van der Waals surface area (Å²) in [6.07, 6.45) is 3.31. The van der Waals surface area contributed by atoms with Gasteiger partial charge < -0.3 is 4.74 Å². The van der Waals surface area contributed by atoms with Crippen LogP contribution in [0.2, 0.25) is 0 Å². The van der Waals surface area contributed by atoms with Crippen molar-refractivity contribution in [3.63, 3.8) is 0 Å². The summed E-state index contributed by atoms with van der Waals surface area (Å²) in [5, 5.41) is 0. The largest absolute Gasteiger partial charge is 0.496 e. The first-order chi connectivity index (χ1) is 7.13. The maximum atomic E-state index is 5.40. The number of allylic oxidation sites excluding steroid dienone is 2. The van der Waals surface area contributed by atoms with E-state index in [9.17, 15) is 0 Å². The molecule has 0 atom stereocenters. The zero-order valence-corrected chi connectivity index (χ0v) is 10.9. The molecule has 1 aliphatic carbocycles. The third-order valence-corrected chi connectivity index (χ3v) is 3.31. The van der Waals surface area contributed by atoms with Gasteiger partial charge in [0.15, 0.2) is 0 Å². The van der Waals surface area contributed by atoms with Gasteiger partial charge in [0.05, 0.1) is 7.11 Å². The van der Waals surface area contributed by atoms with Crippen LogP contribution in [-0.4, -0.2) is 7.11 Å². The van der Waals surface area contributed by atoms with Gasteiger partial charge in [-0.15, -0.1) is 0 Å². The number of hydrogen-bond acceptors (Lipinski definition) is 1. The van der Waals surface area contributed by atoms with Crippen LogP contribution >= 0.6 is 15.9 Å². The van der Waals surface area contributed by atoms with Gasteiger partial charge >= 0.3 is 0 Å². The molecule has 1 aromatic rings. The highest BCUT2D eigenvalue weighted by molar-refractivity contribution is 9.10. The van der Waals surface area contributed by atoms with Crippen molar-refractivity contribution in [1.82, 2.24) is 0 Å². The molecule has 1 aliphatic rings. The van der Waals surface area contributed by atoms with E-state index in [4.69, 9.17) is 4.74 Å². The van der Waals surface area contributed by atoms with Crippen molar-refractivity contribution in [3.8, 4) is 5.75 Å². The number of fused-ring (bicyclic) bond motifs is 1. The summed E-state index contributed by atoms with van der Waals surface area (Å²) in [6, 6.07) is 4.23. The van der Waals surface area contributed by atoms with E-state index in [1.807, 2.05) is 6.07 Å².